The van der Waals surface area contributed by atoms with E-state index in [4.69, 9.17) is 37.4 Å². The molecule has 0 aromatic heterocycles. The standard InChI is InChI=1S/C16H14Cl2O3/c17-14-6-1-11(9-15(14)18)10-21-13-4-2-12(3-5-13)16-19-7-8-20-16/h1-6,9,16H,7-8,10H2. The summed E-state index contributed by atoms with van der Waals surface area (Å²) in [5.74, 6) is 0.780. The second-order valence-corrected chi connectivity index (χ2v) is 5.49. The zero-order valence-corrected chi connectivity index (χ0v) is 12.7. The molecule has 1 aliphatic rings. The lowest BCUT2D eigenvalue weighted by Gasteiger charge is -2.11. The lowest BCUT2D eigenvalue weighted by Crippen LogP contribution is -1.99. The number of hydrogen-bond acceptors (Lipinski definition) is 3. The van der Waals surface area contributed by atoms with Crippen LogP contribution in [0.2, 0.25) is 10.0 Å². The zero-order chi connectivity index (χ0) is 14.7. The smallest absolute Gasteiger partial charge is 0.184 e. The van der Waals surface area contributed by atoms with Gasteiger partial charge in [-0.3, -0.25) is 0 Å². The molecular weight excluding hydrogens is 311 g/mol. The molecule has 0 bridgehead atoms. The van der Waals surface area contributed by atoms with Gasteiger partial charge in [-0.1, -0.05) is 41.4 Å². The average Bonchev–Trinajstić information content (AvgIpc) is 3.03. The normalized spacial score (nSPS) is 15.3. The number of ether oxygens (including phenoxy) is 3. The first-order chi connectivity index (χ1) is 10.2. The van der Waals surface area contributed by atoms with Crippen molar-refractivity contribution in [2.75, 3.05) is 13.2 Å². The Labute approximate surface area is 133 Å². The molecule has 1 aliphatic heterocycles. The van der Waals surface area contributed by atoms with Gasteiger partial charge in [-0.15, -0.1) is 0 Å². The summed E-state index contributed by atoms with van der Waals surface area (Å²) in [4.78, 5) is 0. The topological polar surface area (TPSA) is 27.7 Å². The number of hydrogen-bond donors (Lipinski definition) is 0. The summed E-state index contributed by atoms with van der Waals surface area (Å²) in [6.45, 7) is 1.72. The van der Waals surface area contributed by atoms with E-state index in [1.54, 1.807) is 12.1 Å². The van der Waals surface area contributed by atoms with E-state index in [0.717, 1.165) is 16.9 Å². The highest BCUT2D eigenvalue weighted by atomic mass is 35.5. The van der Waals surface area contributed by atoms with Crippen LogP contribution in [-0.2, 0) is 16.1 Å². The molecule has 0 amide bonds. The predicted octanol–water partition coefficient (Wildman–Crippen LogP) is 4.62. The third-order valence-electron chi connectivity index (χ3n) is 3.16. The van der Waals surface area contributed by atoms with E-state index in [0.29, 0.717) is 29.9 Å². The molecule has 3 rings (SSSR count). The van der Waals surface area contributed by atoms with Crippen LogP contribution in [0.1, 0.15) is 17.4 Å². The molecule has 5 heteroatoms. The van der Waals surface area contributed by atoms with E-state index in [9.17, 15) is 0 Å². The Bertz CT molecular complexity index is 607. The molecule has 2 aromatic carbocycles. The van der Waals surface area contributed by atoms with Crippen LogP contribution in [0.25, 0.3) is 0 Å². The molecular formula is C16H14Cl2O3. The average molecular weight is 325 g/mol. The van der Waals surface area contributed by atoms with Crippen LogP contribution >= 0.6 is 23.2 Å². The summed E-state index contributed by atoms with van der Waals surface area (Å²) in [5.41, 5.74) is 1.96. The summed E-state index contributed by atoms with van der Waals surface area (Å²) in [7, 11) is 0. The lowest BCUT2D eigenvalue weighted by atomic mass is 10.2. The Morgan fingerprint density at radius 3 is 2.33 bits per heavy atom. The number of benzene rings is 2. The predicted molar refractivity (Wildman–Crippen MR) is 81.9 cm³/mol. The highest BCUT2D eigenvalue weighted by molar-refractivity contribution is 6.42. The molecule has 3 nitrogen and oxygen atoms in total. The van der Waals surface area contributed by atoms with Crippen molar-refractivity contribution in [3.63, 3.8) is 0 Å². The van der Waals surface area contributed by atoms with E-state index in [1.807, 2.05) is 30.3 Å². The first-order valence-corrected chi connectivity index (χ1v) is 7.38. The summed E-state index contributed by atoms with van der Waals surface area (Å²) in [6, 6.07) is 13.2. The molecule has 0 atom stereocenters. The fourth-order valence-electron chi connectivity index (χ4n) is 2.07. The van der Waals surface area contributed by atoms with E-state index < -0.39 is 0 Å². The van der Waals surface area contributed by atoms with Gasteiger partial charge in [0.15, 0.2) is 6.29 Å². The van der Waals surface area contributed by atoms with Crippen LogP contribution < -0.4 is 4.74 Å². The zero-order valence-electron chi connectivity index (χ0n) is 11.2. The van der Waals surface area contributed by atoms with Gasteiger partial charge in [0, 0.05) is 5.56 Å². The molecule has 1 saturated heterocycles. The second kappa shape index (κ2) is 6.67. The van der Waals surface area contributed by atoms with Gasteiger partial charge in [-0.2, -0.15) is 0 Å². The van der Waals surface area contributed by atoms with Crippen molar-refractivity contribution in [3.8, 4) is 5.75 Å². The Hall–Kier alpha value is -1.26. The Kier molecular flexibility index (Phi) is 4.66. The number of halogens is 2. The van der Waals surface area contributed by atoms with Crippen molar-refractivity contribution in [1.29, 1.82) is 0 Å². The van der Waals surface area contributed by atoms with E-state index in [-0.39, 0.29) is 6.29 Å². The number of rotatable bonds is 4. The fourth-order valence-corrected chi connectivity index (χ4v) is 2.39. The van der Waals surface area contributed by atoms with Gasteiger partial charge in [0.1, 0.15) is 12.4 Å². The molecule has 21 heavy (non-hydrogen) atoms. The summed E-state index contributed by atoms with van der Waals surface area (Å²) in [6.07, 6.45) is -0.255. The molecule has 110 valence electrons. The molecule has 2 aromatic rings. The van der Waals surface area contributed by atoms with Gasteiger partial charge >= 0.3 is 0 Å². The second-order valence-electron chi connectivity index (χ2n) is 4.68. The molecule has 0 saturated carbocycles. The maximum atomic E-state index is 5.97. The lowest BCUT2D eigenvalue weighted by molar-refractivity contribution is -0.0441. The minimum Gasteiger partial charge on any atom is -0.489 e. The third kappa shape index (κ3) is 3.69. The maximum absolute atomic E-state index is 5.97. The Morgan fingerprint density at radius 1 is 0.952 bits per heavy atom. The molecule has 1 heterocycles. The van der Waals surface area contributed by atoms with Gasteiger partial charge in [0.05, 0.1) is 23.3 Å². The van der Waals surface area contributed by atoms with Crippen LogP contribution in [0, 0.1) is 0 Å². The Balaban J connectivity index is 1.61. The van der Waals surface area contributed by atoms with Crippen LogP contribution in [0.15, 0.2) is 42.5 Å². The maximum Gasteiger partial charge on any atom is 0.184 e. The van der Waals surface area contributed by atoms with Crippen molar-refractivity contribution < 1.29 is 14.2 Å². The van der Waals surface area contributed by atoms with Gasteiger partial charge in [-0.05, 0) is 29.8 Å². The van der Waals surface area contributed by atoms with Gasteiger partial charge in [0.25, 0.3) is 0 Å². The van der Waals surface area contributed by atoms with Crippen LogP contribution in [0.4, 0.5) is 0 Å². The van der Waals surface area contributed by atoms with Crippen molar-refractivity contribution in [2.24, 2.45) is 0 Å². The van der Waals surface area contributed by atoms with Crippen molar-refractivity contribution in [1.82, 2.24) is 0 Å². The summed E-state index contributed by atoms with van der Waals surface area (Å²) in [5, 5.41) is 1.07. The minimum absolute atomic E-state index is 0.255. The van der Waals surface area contributed by atoms with Crippen LogP contribution in [0.3, 0.4) is 0 Å². The van der Waals surface area contributed by atoms with Gasteiger partial charge < -0.3 is 14.2 Å². The molecule has 0 aliphatic carbocycles. The molecule has 0 N–H and O–H groups in total. The van der Waals surface area contributed by atoms with Crippen LogP contribution in [0.5, 0.6) is 5.75 Å². The first kappa shape index (κ1) is 14.7. The van der Waals surface area contributed by atoms with Gasteiger partial charge in [0.2, 0.25) is 0 Å². The minimum atomic E-state index is -0.255. The first-order valence-electron chi connectivity index (χ1n) is 6.62. The van der Waals surface area contributed by atoms with E-state index in [1.165, 1.54) is 0 Å². The molecule has 0 unspecified atom stereocenters. The van der Waals surface area contributed by atoms with Gasteiger partial charge in [-0.25, -0.2) is 0 Å². The van der Waals surface area contributed by atoms with Crippen molar-refractivity contribution in [3.05, 3.63) is 63.6 Å². The van der Waals surface area contributed by atoms with Crippen molar-refractivity contribution >= 4 is 23.2 Å². The highest BCUT2D eigenvalue weighted by Crippen LogP contribution is 2.26. The highest BCUT2D eigenvalue weighted by Gasteiger charge is 2.17. The fraction of sp³-hybridized carbons (Fsp3) is 0.250. The van der Waals surface area contributed by atoms with Crippen molar-refractivity contribution in [2.45, 2.75) is 12.9 Å². The largest absolute Gasteiger partial charge is 0.489 e. The Morgan fingerprint density at radius 2 is 1.67 bits per heavy atom. The van der Waals surface area contributed by atoms with Crippen LogP contribution in [-0.4, -0.2) is 13.2 Å². The van der Waals surface area contributed by atoms with E-state index >= 15 is 0 Å². The molecule has 0 spiro atoms. The molecule has 1 fully saturated rings. The van der Waals surface area contributed by atoms with E-state index in [2.05, 4.69) is 0 Å². The summed E-state index contributed by atoms with van der Waals surface area (Å²) < 4.78 is 16.6. The quantitative estimate of drug-likeness (QED) is 0.821. The monoisotopic (exact) mass is 324 g/mol. The molecule has 0 radical (unpaired) electrons. The SMILES string of the molecule is Clc1ccc(COc2ccc(C3OCCO3)cc2)cc1Cl. The summed E-state index contributed by atoms with van der Waals surface area (Å²) >= 11 is 11.9. The third-order valence-corrected chi connectivity index (χ3v) is 3.90.